The first-order valence-electron chi connectivity index (χ1n) is 7.30. The maximum absolute atomic E-state index is 12.9. The van der Waals surface area contributed by atoms with Crippen molar-refractivity contribution in [2.24, 2.45) is 0 Å². The van der Waals surface area contributed by atoms with Crippen LogP contribution in [0.3, 0.4) is 0 Å². The molecule has 0 atom stereocenters. The van der Waals surface area contributed by atoms with Crippen LogP contribution in [-0.2, 0) is 14.6 Å². The Hall–Kier alpha value is -1.87. The van der Waals surface area contributed by atoms with E-state index in [2.05, 4.69) is 10.3 Å². The monoisotopic (exact) mass is 398 g/mol. The summed E-state index contributed by atoms with van der Waals surface area (Å²) in [5, 5.41) is 5.09. The molecule has 1 N–H and O–H groups in total. The van der Waals surface area contributed by atoms with Crippen LogP contribution < -0.4 is 5.32 Å². The Labute approximate surface area is 154 Å². The van der Waals surface area contributed by atoms with E-state index in [0.717, 1.165) is 4.88 Å². The number of ether oxygens (including phenoxy) is 1. The molecule has 3 rings (SSSR count). The lowest BCUT2D eigenvalue weighted by molar-refractivity contribution is 0.210. The number of oxazole rings is 1. The zero-order chi connectivity index (χ0) is 17.9. The molecule has 0 spiro atoms. The van der Waals surface area contributed by atoms with Crippen molar-refractivity contribution < 1.29 is 17.6 Å². The number of halogens is 1. The molecule has 0 bridgehead atoms. The summed E-state index contributed by atoms with van der Waals surface area (Å²) in [5.41, 5.74) is 0. The molecule has 1 aromatic carbocycles. The zero-order valence-electron chi connectivity index (χ0n) is 13.2. The number of hydrogen-bond donors (Lipinski definition) is 1. The van der Waals surface area contributed by atoms with E-state index in [9.17, 15) is 8.42 Å². The molecular formula is C16H15ClN2O4S2. The van der Waals surface area contributed by atoms with E-state index in [-0.39, 0.29) is 21.7 Å². The normalized spacial score (nSPS) is 11.6. The van der Waals surface area contributed by atoms with E-state index >= 15 is 0 Å². The molecule has 9 heteroatoms. The van der Waals surface area contributed by atoms with E-state index in [1.807, 2.05) is 17.5 Å². The number of benzene rings is 1. The summed E-state index contributed by atoms with van der Waals surface area (Å²) in [6.07, 6.45) is 0. The topological polar surface area (TPSA) is 81.4 Å². The van der Waals surface area contributed by atoms with Gasteiger partial charge in [0.2, 0.25) is 26.6 Å². The van der Waals surface area contributed by atoms with E-state index < -0.39 is 9.84 Å². The molecule has 0 aliphatic heterocycles. The molecule has 0 saturated carbocycles. The van der Waals surface area contributed by atoms with Crippen molar-refractivity contribution >= 4 is 38.7 Å². The lowest BCUT2D eigenvalue weighted by Gasteiger charge is -2.05. The van der Waals surface area contributed by atoms with E-state index in [0.29, 0.717) is 18.2 Å². The number of hydrogen-bond acceptors (Lipinski definition) is 7. The van der Waals surface area contributed by atoms with Gasteiger partial charge in [-0.05, 0) is 35.7 Å². The highest BCUT2D eigenvalue weighted by molar-refractivity contribution is 7.91. The molecule has 2 heterocycles. The van der Waals surface area contributed by atoms with Crippen LogP contribution in [0.1, 0.15) is 0 Å². The van der Waals surface area contributed by atoms with Crippen LogP contribution in [0, 0.1) is 0 Å². The third-order valence-electron chi connectivity index (χ3n) is 3.30. The first-order chi connectivity index (χ1) is 12.0. The highest BCUT2D eigenvalue weighted by Gasteiger charge is 2.28. The van der Waals surface area contributed by atoms with Crippen molar-refractivity contribution in [2.45, 2.75) is 9.92 Å². The number of nitrogens with one attached hydrogen (secondary N) is 1. The van der Waals surface area contributed by atoms with Crippen molar-refractivity contribution in [3.05, 3.63) is 46.8 Å². The number of sulfone groups is 1. The number of anilines is 1. The molecule has 0 fully saturated rings. The molecule has 0 aliphatic carbocycles. The molecule has 3 aromatic rings. The minimum absolute atomic E-state index is 0.0930. The van der Waals surface area contributed by atoms with Crippen LogP contribution >= 0.6 is 22.9 Å². The Morgan fingerprint density at radius 2 is 2.04 bits per heavy atom. The number of rotatable bonds is 7. The van der Waals surface area contributed by atoms with Crippen molar-refractivity contribution in [1.29, 1.82) is 0 Å². The van der Waals surface area contributed by atoms with Crippen LogP contribution in [0.15, 0.2) is 56.1 Å². The second-order valence-corrected chi connectivity index (χ2v) is 8.26. The summed E-state index contributed by atoms with van der Waals surface area (Å²) in [5.74, 6) is 0.345. The lowest BCUT2D eigenvalue weighted by Crippen LogP contribution is -2.11. The minimum Gasteiger partial charge on any atom is -0.418 e. The molecule has 0 amide bonds. The van der Waals surface area contributed by atoms with Crippen LogP contribution in [0.4, 0.5) is 5.88 Å². The van der Waals surface area contributed by atoms with Gasteiger partial charge in [0.15, 0.2) is 0 Å². The van der Waals surface area contributed by atoms with Gasteiger partial charge in [0.05, 0.1) is 16.4 Å². The summed E-state index contributed by atoms with van der Waals surface area (Å²) in [4.78, 5) is 5.06. The third kappa shape index (κ3) is 3.87. The predicted molar refractivity (Wildman–Crippen MR) is 97.1 cm³/mol. The highest BCUT2D eigenvalue weighted by Crippen LogP contribution is 2.34. The SMILES string of the molecule is COCCNc1oc(-c2cccs2)nc1S(=O)(=O)c1ccc(Cl)cc1. The summed E-state index contributed by atoms with van der Waals surface area (Å²) >= 11 is 7.26. The molecule has 132 valence electrons. The largest absolute Gasteiger partial charge is 0.418 e. The lowest BCUT2D eigenvalue weighted by atomic mass is 10.4. The molecule has 2 aromatic heterocycles. The van der Waals surface area contributed by atoms with Gasteiger partial charge in [0.25, 0.3) is 0 Å². The standard InChI is InChI=1S/C16H15ClN2O4S2/c1-22-9-8-18-15-16(19-14(23-15)13-3-2-10-24-13)25(20,21)12-6-4-11(17)5-7-12/h2-7,10,18H,8-9H2,1H3. The van der Waals surface area contributed by atoms with E-state index in [4.69, 9.17) is 20.8 Å². The van der Waals surface area contributed by atoms with Crippen LogP contribution in [0.25, 0.3) is 10.8 Å². The minimum atomic E-state index is -3.86. The molecule has 0 aliphatic rings. The van der Waals surface area contributed by atoms with E-state index in [1.165, 1.54) is 35.6 Å². The number of thiophene rings is 1. The average Bonchev–Trinajstić information content (AvgIpc) is 3.25. The van der Waals surface area contributed by atoms with Crippen molar-refractivity contribution in [3.63, 3.8) is 0 Å². The highest BCUT2D eigenvalue weighted by atomic mass is 35.5. The van der Waals surface area contributed by atoms with Gasteiger partial charge in [0.1, 0.15) is 0 Å². The summed E-state index contributed by atoms with van der Waals surface area (Å²) in [6.45, 7) is 0.786. The number of nitrogens with zero attached hydrogens (tertiary/aromatic N) is 1. The summed E-state index contributed by atoms with van der Waals surface area (Å²) < 4.78 is 36.5. The van der Waals surface area contributed by atoms with E-state index in [1.54, 1.807) is 7.11 Å². The Morgan fingerprint density at radius 1 is 1.28 bits per heavy atom. The fourth-order valence-electron chi connectivity index (χ4n) is 2.10. The van der Waals surface area contributed by atoms with Gasteiger partial charge in [-0.1, -0.05) is 17.7 Å². The second-order valence-electron chi connectivity index (χ2n) is 5.01. The van der Waals surface area contributed by atoms with Crippen LogP contribution in [0.5, 0.6) is 0 Å². The maximum atomic E-state index is 12.9. The number of aromatic nitrogens is 1. The van der Waals surface area contributed by atoms with Gasteiger partial charge < -0.3 is 14.5 Å². The fraction of sp³-hybridized carbons (Fsp3) is 0.188. The Bertz CT molecular complexity index is 935. The van der Waals surface area contributed by atoms with Crippen LogP contribution in [-0.4, -0.2) is 33.7 Å². The molecule has 0 saturated heterocycles. The average molecular weight is 399 g/mol. The Balaban J connectivity index is 2.04. The maximum Gasteiger partial charge on any atom is 0.240 e. The van der Waals surface area contributed by atoms with Crippen molar-refractivity contribution in [2.75, 3.05) is 25.6 Å². The van der Waals surface area contributed by atoms with Crippen molar-refractivity contribution in [1.82, 2.24) is 4.98 Å². The molecule has 25 heavy (non-hydrogen) atoms. The predicted octanol–water partition coefficient (Wildman–Crippen LogP) is 3.95. The molecular weight excluding hydrogens is 384 g/mol. The zero-order valence-corrected chi connectivity index (χ0v) is 15.6. The quantitative estimate of drug-likeness (QED) is 0.607. The third-order valence-corrected chi connectivity index (χ3v) is 6.09. The van der Waals surface area contributed by atoms with Gasteiger partial charge in [-0.3, -0.25) is 0 Å². The van der Waals surface area contributed by atoms with Crippen molar-refractivity contribution in [3.8, 4) is 10.8 Å². The first kappa shape index (κ1) is 17.9. The fourth-order valence-corrected chi connectivity index (χ4v) is 4.15. The van der Waals surface area contributed by atoms with Gasteiger partial charge >= 0.3 is 0 Å². The number of methoxy groups -OCH3 is 1. The summed E-state index contributed by atoms with van der Waals surface area (Å²) in [6, 6.07) is 9.58. The van der Waals surface area contributed by atoms with Crippen LogP contribution in [0.2, 0.25) is 5.02 Å². The first-order valence-corrected chi connectivity index (χ1v) is 10.0. The summed E-state index contributed by atoms with van der Waals surface area (Å²) in [7, 11) is -2.30. The van der Waals surface area contributed by atoms with Gasteiger partial charge in [-0.25, -0.2) is 8.42 Å². The second kappa shape index (κ2) is 7.57. The van der Waals surface area contributed by atoms with Gasteiger partial charge in [-0.15, -0.1) is 11.3 Å². The van der Waals surface area contributed by atoms with Gasteiger partial charge in [0, 0.05) is 18.7 Å². The molecule has 6 nitrogen and oxygen atoms in total. The smallest absolute Gasteiger partial charge is 0.240 e. The Kier molecular flexibility index (Phi) is 5.43. The molecule has 0 radical (unpaired) electrons. The molecule has 0 unspecified atom stereocenters. The Morgan fingerprint density at radius 3 is 2.68 bits per heavy atom. The van der Waals surface area contributed by atoms with Gasteiger partial charge in [-0.2, -0.15) is 4.98 Å².